The summed E-state index contributed by atoms with van der Waals surface area (Å²) in [6.07, 6.45) is 0. The van der Waals surface area contributed by atoms with E-state index in [1.165, 1.54) is 7.05 Å². The molecule has 0 unspecified atom stereocenters. The summed E-state index contributed by atoms with van der Waals surface area (Å²) < 4.78 is -3.13. The Labute approximate surface area is 104 Å². The predicted octanol–water partition coefficient (Wildman–Crippen LogP) is 2.12. The number of urea groups is 1. The van der Waals surface area contributed by atoms with Gasteiger partial charge in [0, 0.05) is 19.0 Å². The van der Waals surface area contributed by atoms with Crippen molar-refractivity contribution in [3.05, 3.63) is 0 Å². The standard InChI is InChI=1S/C5H4Cl4N2O2S/c1-10-3(13)11-2(12)4(6,7)5(8,9)14-11/h1H3,(H,10,13). The van der Waals surface area contributed by atoms with Crippen LogP contribution >= 0.6 is 58.4 Å². The van der Waals surface area contributed by atoms with Crippen molar-refractivity contribution in [2.75, 3.05) is 7.05 Å². The Morgan fingerprint density at radius 1 is 1.43 bits per heavy atom. The first-order valence-corrected chi connectivity index (χ1v) is 5.53. The molecule has 0 spiro atoms. The number of imide groups is 1. The molecule has 1 fully saturated rings. The number of hydrogen-bond donors (Lipinski definition) is 1. The minimum atomic E-state index is -2.03. The van der Waals surface area contributed by atoms with E-state index in [0.717, 1.165) is 0 Å². The molecule has 9 heteroatoms. The van der Waals surface area contributed by atoms with Gasteiger partial charge in [0.15, 0.2) is 0 Å². The van der Waals surface area contributed by atoms with Gasteiger partial charge < -0.3 is 5.32 Å². The van der Waals surface area contributed by atoms with Gasteiger partial charge in [-0.3, -0.25) is 4.79 Å². The van der Waals surface area contributed by atoms with Gasteiger partial charge in [0.05, 0.1) is 0 Å². The predicted molar refractivity (Wildman–Crippen MR) is 57.8 cm³/mol. The first-order chi connectivity index (χ1) is 6.24. The molecule has 4 nitrogen and oxygen atoms in total. The Balaban J connectivity index is 3.00. The van der Waals surface area contributed by atoms with Crippen LogP contribution < -0.4 is 5.32 Å². The lowest BCUT2D eigenvalue weighted by Crippen LogP contribution is -2.41. The zero-order valence-corrected chi connectivity index (χ0v) is 10.5. The fourth-order valence-corrected chi connectivity index (χ4v) is 2.58. The van der Waals surface area contributed by atoms with Gasteiger partial charge in [-0.2, -0.15) is 4.31 Å². The molecule has 1 N–H and O–H groups in total. The fourth-order valence-electron chi connectivity index (χ4n) is 0.701. The van der Waals surface area contributed by atoms with Crippen LogP contribution in [0.25, 0.3) is 0 Å². The second kappa shape index (κ2) is 3.79. The van der Waals surface area contributed by atoms with Gasteiger partial charge in [0.25, 0.3) is 5.91 Å². The van der Waals surface area contributed by atoms with Crippen molar-refractivity contribution in [2.45, 2.75) is 8.00 Å². The Morgan fingerprint density at radius 3 is 2.21 bits per heavy atom. The van der Waals surface area contributed by atoms with E-state index < -0.39 is 19.9 Å². The number of alkyl halides is 4. The number of halogens is 4. The highest BCUT2D eigenvalue weighted by molar-refractivity contribution is 8.03. The molecule has 0 aromatic carbocycles. The van der Waals surface area contributed by atoms with Gasteiger partial charge in [-0.15, -0.1) is 0 Å². The zero-order chi connectivity index (χ0) is 11.1. The lowest BCUT2D eigenvalue weighted by atomic mass is 10.4. The van der Waals surface area contributed by atoms with E-state index in [2.05, 4.69) is 5.32 Å². The molecule has 0 radical (unpaired) electrons. The van der Waals surface area contributed by atoms with Gasteiger partial charge in [-0.25, -0.2) is 4.79 Å². The number of nitrogens with one attached hydrogen (secondary N) is 1. The van der Waals surface area contributed by atoms with E-state index in [1.807, 2.05) is 0 Å². The van der Waals surface area contributed by atoms with Gasteiger partial charge in [0.2, 0.25) is 8.00 Å². The summed E-state index contributed by atoms with van der Waals surface area (Å²) in [4.78, 5) is 22.6. The Morgan fingerprint density at radius 2 is 1.93 bits per heavy atom. The van der Waals surface area contributed by atoms with Gasteiger partial charge in [-0.05, 0) is 0 Å². The maximum atomic E-state index is 11.5. The molecule has 0 aromatic rings. The molecule has 0 aromatic heterocycles. The van der Waals surface area contributed by atoms with E-state index in [4.69, 9.17) is 46.4 Å². The zero-order valence-electron chi connectivity index (χ0n) is 6.68. The monoisotopic (exact) mass is 296 g/mol. The van der Waals surface area contributed by atoms with Crippen LogP contribution in [0.5, 0.6) is 0 Å². The van der Waals surface area contributed by atoms with E-state index in [1.54, 1.807) is 0 Å². The summed E-state index contributed by atoms with van der Waals surface area (Å²) in [7, 11) is 1.35. The Kier molecular flexibility index (Phi) is 3.39. The van der Waals surface area contributed by atoms with Crippen LogP contribution in [0.3, 0.4) is 0 Å². The fraction of sp³-hybridized carbons (Fsp3) is 0.600. The van der Waals surface area contributed by atoms with E-state index >= 15 is 0 Å². The molecule has 3 amide bonds. The van der Waals surface area contributed by atoms with Crippen molar-refractivity contribution in [1.82, 2.24) is 9.62 Å². The van der Waals surface area contributed by atoms with E-state index in [9.17, 15) is 9.59 Å². The summed E-state index contributed by atoms with van der Waals surface area (Å²) in [5, 5.41) is 2.22. The third kappa shape index (κ3) is 1.76. The van der Waals surface area contributed by atoms with Crippen LogP contribution in [0.2, 0.25) is 0 Å². The Hall–Kier alpha value is 0.450. The molecule has 1 rings (SSSR count). The summed E-state index contributed by atoms with van der Waals surface area (Å²) in [6, 6.07) is -0.686. The number of hydrogen-bond acceptors (Lipinski definition) is 3. The Bertz CT molecular complexity index is 295. The normalized spacial score (nSPS) is 23.8. The molecule has 1 heterocycles. The maximum Gasteiger partial charge on any atom is 0.334 e. The second-order valence-corrected chi connectivity index (χ2v) is 6.60. The number of carbonyl (C=O) groups is 2. The van der Waals surface area contributed by atoms with Gasteiger partial charge in [0.1, 0.15) is 0 Å². The third-order valence-electron chi connectivity index (χ3n) is 1.42. The highest BCUT2D eigenvalue weighted by Gasteiger charge is 2.64. The highest BCUT2D eigenvalue weighted by Crippen LogP contribution is 2.58. The minimum Gasteiger partial charge on any atom is -0.340 e. The second-order valence-electron chi connectivity index (χ2n) is 2.34. The lowest BCUT2D eigenvalue weighted by molar-refractivity contribution is -0.123. The van der Waals surface area contributed by atoms with Crippen LogP contribution in [0, 0.1) is 0 Å². The molecule has 0 atom stereocenters. The average Bonchev–Trinajstić information content (AvgIpc) is 2.25. The highest BCUT2D eigenvalue weighted by atomic mass is 35.5. The first kappa shape index (κ1) is 12.5. The van der Waals surface area contributed by atoms with Crippen molar-refractivity contribution >= 4 is 70.3 Å². The van der Waals surface area contributed by atoms with Crippen LogP contribution in [-0.4, -0.2) is 31.3 Å². The largest absolute Gasteiger partial charge is 0.340 e. The van der Waals surface area contributed by atoms with Crippen LogP contribution in [0.4, 0.5) is 4.79 Å². The van der Waals surface area contributed by atoms with Gasteiger partial charge >= 0.3 is 6.03 Å². The van der Waals surface area contributed by atoms with Crippen molar-refractivity contribution < 1.29 is 9.59 Å². The summed E-state index contributed by atoms with van der Waals surface area (Å²) in [5.41, 5.74) is 0. The molecule has 0 aliphatic carbocycles. The molecular formula is C5H4Cl4N2O2S. The summed E-state index contributed by atoms with van der Waals surface area (Å²) in [5.74, 6) is -0.866. The topological polar surface area (TPSA) is 49.4 Å². The molecule has 1 saturated heterocycles. The number of amides is 3. The molecule has 0 saturated carbocycles. The first-order valence-electron chi connectivity index (χ1n) is 3.25. The average molecular weight is 298 g/mol. The molecule has 1 aliphatic rings. The number of rotatable bonds is 0. The molecule has 14 heavy (non-hydrogen) atoms. The van der Waals surface area contributed by atoms with Crippen LogP contribution in [0.15, 0.2) is 0 Å². The summed E-state index contributed by atoms with van der Waals surface area (Å²) in [6.45, 7) is 0. The quantitative estimate of drug-likeness (QED) is 0.550. The van der Waals surface area contributed by atoms with Crippen LogP contribution in [-0.2, 0) is 4.79 Å². The third-order valence-corrected chi connectivity index (χ3v) is 4.95. The van der Waals surface area contributed by atoms with E-state index in [-0.39, 0.29) is 0 Å². The molecule has 0 bridgehead atoms. The molecular weight excluding hydrogens is 294 g/mol. The maximum absolute atomic E-state index is 11.5. The molecule has 1 aliphatic heterocycles. The smallest absolute Gasteiger partial charge is 0.334 e. The van der Waals surface area contributed by atoms with Gasteiger partial charge in [-0.1, -0.05) is 46.4 Å². The van der Waals surface area contributed by atoms with Crippen molar-refractivity contribution in [3.63, 3.8) is 0 Å². The van der Waals surface area contributed by atoms with Crippen LogP contribution in [0.1, 0.15) is 0 Å². The lowest BCUT2D eigenvalue weighted by Gasteiger charge is -2.18. The number of nitrogens with zero attached hydrogens (tertiary/aromatic N) is 1. The van der Waals surface area contributed by atoms with Crippen molar-refractivity contribution in [3.8, 4) is 0 Å². The number of carbonyl (C=O) groups excluding carboxylic acids is 2. The SMILES string of the molecule is CNC(=O)N1SC(Cl)(Cl)C(Cl)(Cl)C1=O. The van der Waals surface area contributed by atoms with Crippen molar-refractivity contribution in [1.29, 1.82) is 0 Å². The van der Waals surface area contributed by atoms with E-state index in [0.29, 0.717) is 16.3 Å². The minimum absolute atomic E-state index is 0.554. The van der Waals surface area contributed by atoms with Crippen molar-refractivity contribution in [2.24, 2.45) is 0 Å². The summed E-state index contributed by atoms with van der Waals surface area (Å²) >= 11 is 23.1. The molecule has 80 valence electrons.